The third-order valence-electron chi connectivity index (χ3n) is 4.37. The third-order valence-corrected chi connectivity index (χ3v) is 4.62. The highest BCUT2D eigenvalue weighted by molar-refractivity contribution is 7.80. The number of ether oxygens (including phenoxy) is 2. The standard InChI is InChI=1S/C20H27N5O2S/c1-26-14-8-11-21-20(28)24-19-22-17(25-12-6-3-7-13-25)15-18(23-19)27-16-9-4-2-5-10-16/h2,4-5,9-10,15H,3,6-8,11-14H2,1H3,(H2,21,22,23,24,28). The van der Waals surface area contributed by atoms with Crippen LogP contribution in [0.2, 0.25) is 0 Å². The Morgan fingerprint density at radius 3 is 2.68 bits per heavy atom. The number of methoxy groups -OCH3 is 1. The number of benzene rings is 1. The van der Waals surface area contributed by atoms with Crippen molar-refractivity contribution in [2.45, 2.75) is 25.7 Å². The lowest BCUT2D eigenvalue weighted by Gasteiger charge is -2.28. The summed E-state index contributed by atoms with van der Waals surface area (Å²) in [5.41, 5.74) is 0. The highest BCUT2D eigenvalue weighted by Gasteiger charge is 2.16. The van der Waals surface area contributed by atoms with Crippen molar-refractivity contribution in [1.29, 1.82) is 0 Å². The van der Waals surface area contributed by atoms with Crippen LogP contribution in [0.4, 0.5) is 11.8 Å². The van der Waals surface area contributed by atoms with Crippen LogP contribution in [0.5, 0.6) is 11.6 Å². The van der Waals surface area contributed by atoms with Gasteiger partial charge in [-0.2, -0.15) is 9.97 Å². The first-order valence-corrected chi connectivity index (χ1v) is 10.1. The van der Waals surface area contributed by atoms with Gasteiger partial charge in [-0.05, 0) is 50.0 Å². The zero-order valence-corrected chi connectivity index (χ0v) is 17.0. The fraction of sp³-hybridized carbons (Fsp3) is 0.450. The van der Waals surface area contributed by atoms with Crippen LogP contribution >= 0.6 is 12.2 Å². The van der Waals surface area contributed by atoms with Crippen LogP contribution < -0.4 is 20.3 Å². The zero-order valence-electron chi connectivity index (χ0n) is 16.2. The summed E-state index contributed by atoms with van der Waals surface area (Å²) >= 11 is 5.36. The van der Waals surface area contributed by atoms with Crippen molar-refractivity contribution < 1.29 is 9.47 Å². The lowest BCUT2D eigenvalue weighted by Crippen LogP contribution is -2.32. The molecule has 1 aromatic heterocycles. The molecule has 7 nitrogen and oxygen atoms in total. The second kappa shape index (κ2) is 10.8. The molecule has 1 aliphatic rings. The first-order valence-electron chi connectivity index (χ1n) is 9.65. The van der Waals surface area contributed by atoms with E-state index in [1.165, 1.54) is 19.3 Å². The first-order chi connectivity index (χ1) is 13.7. The predicted molar refractivity (Wildman–Crippen MR) is 115 cm³/mol. The third kappa shape index (κ3) is 6.31. The molecular weight excluding hydrogens is 374 g/mol. The SMILES string of the molecule is COCCCNC(=S)Nc1nc(Oc2ccccc2)cc(N2CCCCC2)n1. The van der Waals surface area contributed by atoms with Crippen molar-refractivity contribution >= 4 is 29.1 Å². The average Bonchev–Trinajstić information content (AvgIpc) is 2.72. The van der Waals surface area contributed by atoms with E-state index in [1.54, 1.807) is 7.11 Å². The molecule has 0 unspecified atom stereocenters. The average molecular weight is 402 g/mol. The quantitative estimate of drug-likeness (QED) is 0.514. The number of rotatable bonds is 8. The van der Waals surface area contributed by atoms with Crippen LogP contribution in [-0.2, 0) is 4.74 Å². The van der Waals surface area contributed by atoms with Gasteiger partial charge in [0.25, 0.3) is 0 Å². The lowest BCUT2D eigenvalue weighted by molar-refractivity contribution is 0.196. The summed E-state index contributed by atoms with van der Waals surface area (Å²) in [4.78, 5) is 11.4. The Labute approximate surface area is 171 Å². The van der Waals surface area contributed by atoms with Crippen molar-refractivity contribution in [3.63, 3.8) is 0 Å². The molecule has 3 rings (SSSR count). The summed E-state index contributed by atoms with van der Waals surface area (Å²) in [5.74, 6) is 2.51. The highest BCUT2D eigenvalue weighted by Crippen LogP contribution is 2.26. The second-order valence-corrected chi connectivity index (χ2v) is 6.99. The van der Waals surface area contributed by atoms with Crippen LogP contribution in [0.25, 0.3) is 0 Å². The molecule has 2 N–H and O–H groups in total. The Kier molecular flexibility index (Phi) is 7.81. The molecule has 0 atom stereocenters. The van der Waals surface area contributed by atoms with Crippen molar-refractivity contribution in [3.8, 4) is 11.6 Å². The normalized spacial score (nSPS) is 13.8. The molecule has 8 heteroatoms. The first kappa shape index (κ1) is 20.3. The fourth-order valence-electron chi connectivity index (χ4n) is 2.98. The molecule has 150 valence electrons. The van der Waals surface area contributed by atoms with Crippen molar-refractivity contribution in [3.05, 3.63) is 36.4 Å². The molecule has 2 aromatic rings. The minimum atomic E-state index is 0.429. The Hall–Kier alpha value is -2.45. The number of aromatic nitrogens is 2. The topological polar surface area (TPSA) is 71.5 Å². The van der Waals surface area contributed by atoms with Gasteiger partial charge in [0.1, 0.15) is 11.6 Å². The molecule has 1 aliphatic heterocycles. The summed E-state index contributed by atoms with van der Waals surface area (Å²) in [6.07, 6.45) is 4.47. The van der Waals surface area contributed by atoms with E-state index in [0.29, 0.717) is 23.5 Å². The molecule has 1 fully saturated rings. The van der Waals surface area contributed by atoms with Gasteiger partial charge in [0, 0.05) is 39.4 Å². The van der Waals surface area contributed by atoms with Gasteiger partial charge in [-0.25, -0.2) is 0 Å². The van der Waals surface area contributed by atoms with Crippen molar-refractivity contribution in [1.82, 2.24) is 15.3 Å². The van der Waals surface area contributed by atoms with Crippen LogP contribution in [-0.4, -0.2) is 48.4 Å². The minimum Gasteiger partial charge on any atom is -0.439 e. The van der Waals surface area contributed by atoms with E-state index in [1.807, 2.05) is 36.4 Å². The molecule has 0 radical (unpaired) electrons. The molecule has 0 saturated carbocycles. The number of hydrogen-bond acceptors (Lipinski definition) is 6. The highest BCUT2D eigenvalue weighted by atomic mass is 32.1. The fourth-order valence-corrected chi connectivity index (χ4v) is 3.17. The van der Waals surface area contributed by atoms with Gasteiger partial charge < -0.3 is 25.0 Å². The minimum absolute atomic E-state index is 0.429. The smallest absolute Gasteiger partial charge is 0.234 e. The summed E-state index contributed by atoms with van der Waals surface area (Å²) in [6, 6.07) is 11.5. The summed E-state index contributed by atoms with van der Waals surface area (Å²) in [7, 11) is 1.69. The lowest BCUT2D eigenvalue weighted by atomic mass is 10.1. The maximum Gasteiger partial charge on any atom is 0.234 e. The Bertz CT molecular complexity index is 754. The summed E-state index contributed by atoms with van der Waals surface area (Å²) in [5, 5.41) is 6.70. The Morgan fingerprint density at radius 1 is 1.14 bits per heavy atom. The molecule has 28 heavy (non-hydrogen) atoms. The monoisotopic (exact) mass is 401 g/mol. The molecule has 0 spiro atoms. The van der Waals surface area contributed by atoms with Gasteiger partial charge in [0.15, 0.2) is 5.11 Å². The van der Waals surface area contributed by atoms with E-state index in [2.05, 4.69) is 25.5 Å². The van der Waals surface area contributed by atoms with Gasteiger partial charge in [-0.1, -0.05) is 18.2 Å². The van der Waals surface area contributed by atoms with Gasteiger partial charge in [-0.3, -0.25) is 0 Å². The van der Waals surface area contributed by atoms with E-state index in [9.17, 15) is 0 Å². The molecule has 2 heterocycles. The number of nitrogens with zero attached hydrogens (tertiary/aromatic N) is 3. The molecule has 0 aliphatic carbocycles. The maximum absolute atomic E-state index is 5.95. The van der Waals surface area contributed by atoms with Crippen LogP contribution in [0.1, 0.15) is 25.7 Å². The van der Waals surface area contributed by atoms with Crippen LogP contribution in [0.3, 0.4) is 0 Å². The number of hydrogen-bond donors (Lipinski definition) is 2. The van der Waals surface area contributed by atoms with Gasteiger partial charge >= 0.3 is 0 Å². The molecule has 1 aromatic carbocycles. The van der Waals surface area contributed by atoms with E-state index in [-0.39, 0.29) is 0 Å². The number of thiocarbonyl (C=S) groups is 1. The van der Waals surface area contributed by atoms with E-state index in [4.69, 9.17) is 21.7 Å². The predicted octanol–water partition coefficient (Wildman–Crippen LogP) is 3.58. The molecular formula is C20H27N5O2S. The summed E-state index contributed by atoms with van der Waals surface area (Å²) < 4.78 is 11.0. The Morgan fingerprint density at radius 2 is 1.93 bits per heavy atom. The van der Waals surface area contributed by atoms with Gasteiger partial charge in [-0.15, -0.1) is 0 Å². The van der Waals surface area contributed by atoms with E-state index in [0.717, 1.165) is 37.6 Å². The van der Waals surface area contributed by atoms with Crippen molar-refractivity contribution in [2.24, 2.45) is 0 Å². The summed E-state index contributed by atoms with van der Waals surface area (Å²) in [6.45, 7) is 3.38. The van der Waals surface area contributed by atoms with Crippen LogP contribution in [0.15, 0.2) is 36.4 Å². The van der Waals surface area contributed by atoms with Gasteiger partial charge in [0.2, 0.25) is 11.8 Å². The number of nitrogens with one attached hydrogen (secondary N) is 2. The molecule has 0 amide bonds. The zero-order chi connectivity index (χ0) is 19.6. The largest absolute Gasteiger partial charge is 0.439 e. The van der Waals surface area contributed by atoms with Gasteiger partial charge in [0.05, 0.1) is 0 Å². The molecule has 1 saturated heterocycles. The van der Waals surface area contributed by atoms with Crippen molar-refractivity contribution in [2.75, 3.05) is 43.6 Å². The van der Waals surface area contributed by atoms with E-state index < -0.39 is 0 Å². The number of anilines is 2. The number of piperidine rings is 1. The Balaban J connectivity index is 1.73. The van der Waals surface area contributed by atoms with Crippen LogP contribution in [0, 0.1) is 0 Å². The number of para-hydroxylation sites is 1. The maximum atomic E-state index is 5.95. The second-order valence-electron chi connectivity index (χ2n) is 6.58. The van der Waals surface area contributed by atoms with E-state index >= 15 is 0 Å². The molecule has 0 bridgehead atoms.